The molecule has 0 bridgehead atoms. The van der Waals surface area contributed by atoms with Crippen molar-refractivity contribution in [2.45, 2.75) is 65.6 Å². The summed E-state index contributed by atoms with van der Waals surface area (Å²) in [5.41, 5.74) is 2.49. The van der Waals surface area contributed by atoms with Gasteiger partial charge in [0.15, 0.2) is 0 Å². The number of nitrogens with one attached hydrogen (secondary N) is 1. The highest BCUT2D eigenvalue weighted by Gasteiger charge is 2.27. The Morgan fingerprint density at radius 2 is 2.20 bits per heavy atom. The van der Waals surface area contributed by atoms with Gasteiger partial charge in [0.1, 0.15) is 5.75 Å². The quantitative estimate of drug-likeness (QED) is 0.792. The number of nitrogens with zero attached hydrogens (tertiary/aromatic N) is 1. The first-order valence-electron chi connectivity index (χ1n) is 7.43. The smallest absolute Gasteiger partial charge is 0.141 e. The van der Waals surface area contributed by atoms with Gasteiger partial charge in [-0.15, -0.1) is 0 Å². The van der Waals surface area contributed by atoms with Crippen molar-refractivity contribution >= 4 is 0 Å². The predicted octanol–water partition coefficient (Wildman–Crippen LogP) is 2.65. The van der Waals surface area contributed by atoms with E-state index in [1.165, 1.54) is 19.3 Å². The molecule has 0 spiro atoms. The van der Waals surface area contributed by atoms with Gasteiger partial charge in [-0.3, -0.25) is 4.98 Å². The number of hydrogen-bond acceptors (Lipinski definition) is 4. The first kappa shape index (κ1) is 15.3. The molecule has 1 aromatic heterocycles. The lowest BCUT2D eigenvalue weighted by Crippen LogP contribution is -2.37. The van der Waals surface area contributed by atoms with Gasteiger partial charge in [0.2, 0.25) is 0 Å². The molecule has 4 heteroatoms. The highest BCUT2D eigenvalue weighted by Crippen LogP contribution is 2.35. The van der Waals surface area contributed by atoms with Gasteiger partial charge in [0, 0.05) is 29.9 Å². The average Bonchev–Trinajstić information content (AvgIpc) is 2.39. The Morgan fingerprint density at radius 1 is 1.45 bits per heavy atom. The van der Waals surface area contributed by atoms with Crippen LogP contribution in [0.25, 0.3) is 0 Å². The molecule has 0 aliphatic heterocycles. The van der Waals surface area contributed by atoms with Crippen molar-refractivity contribution in [2.75, 3.05) is 0 Å². The number of aromatic nitrogens is 1. The number of hydrogen-bond donors (Lipinski definition) is 3. The predicted molar refractivity (Wildman–Crippen MR) is 79.4 cm³/mol. The molecule has 1 unspecified atom stereocenters. The summed E-state index contributed by atoms with van der Waals surface area (Å²) in [5.74, 6) is 0.208. The Hall–Kier alpha value is -1.13. The van der Waals surface area contributed by atoms with Gasteiger partial charge < -0.3 is 15.5 Å². The molecule has 1 saturated carbocycles. The SMILES string of the molecule is Cc1ncc(CO)c(CNC2CCCC(C)(C)C2)c1O. The summed E-state index contributed by atoms with van der Waals surface area (Å²) >= 11 is 0. The zero-order valence-electron chi connectivity index (χ0n) is 12.7. The number of aliphatic hydroxyl groups excluding tert-OH is 1. The summed E-state index contributed by atoms with van der Waals surface area (Å²) in [6.07, 6.45) is 6.53. The molecular formula is C16H26N2O2. The first-order chi connectivity index (χ1) is 9.43. The summed E-state index contributed by atoms with van der Waals surface area (Å²) in [5, 5.41) is 23.0. The van der Waals surface area contributed by atoms with Crippen molar-refractivity contribution in [3.63, 3.8) is 0 Å². The number of aliphatic hydroxyl groups is 1. The Morgan fingerprint density at radius 3 is 2.85 bits per heavy atom. The van der Waals surface area contributed by atoms with E-state index in [9.17, 15) is 10.2 Å². The molecule has 1 aliphatic carbocycles. The van der Waals surface area contributed by atoms with Crippen LogP contribution < -0.4 is 5.32 Å². The molecular weight excluding hydrogens is 252 g/mol. The third-order valence-corrected chi connectivity index (χ3v) is 4.37. The standard InChI is InChI=1S/C16H26N2O2/c1-11-15(20)14(12(10-19)8-17-11)9-18-13-5-4-6-16(2,3)7-13/h8,13,18-20H,4-7,9-10H2,1-3H3. The number of pyridine rings is 1. The van der Waals surface area contributed by atoms with Crippen molar-refractivity contribution in [1.29, 1.82) is 0 Å². The van der Waals surface area contributed by atoms with E-state index in [0.717, 1.165) is 12.0 Å². The number of aryl methyl sites for hydroxylation is 1. The van der Waals surface area contributed by atoms with Crippen LogP contribution in [-0.4, -0.2) is 21.2 Å². The Bertz CT molecular complexity index is 472. The number of rotatable bonds is 4. The van der Waals surface area contributed by atoms with E-state index >= 15 is 0 Å². The van der Waals surface area contributed by atoms with Crippen LogP contribution in [0.2, 0.25) is 0 Å². The third kappa shape index (κ3) is 3.49. The maximum absolute atomic E-state index is 10.1. The first-order valence-corrected chi connectivity index (χ1v) is 7.43. The molecule has 0 saturated heterocycles. The number of aromatic hydroxyl groups is 1. The summed E-state index contributed by atoms with van der Waals surface area (Å²) < 4.78 is 0. The van der Waals surface area contributed by atoms with Crippen molar-refractivity contribution in [3.8, 4) is 5.75 Å². The lowest BCUT2D eigenvalue weighted by Gasteiger charge is -2.35. The van der Waals surface area contributed by atoms with Crippen molar-refractivity contribution < 1.29 is 10.2 Å². The van der Waals surface area contributed by atoms with Gasteiger partial charge in [0.05, 0.1) is 12.3 Å². The van der Waals surface area contributed by atoms with Crippen LogP contribution >= 0.6 is 0 Å². The lowest BCUT2D eigenvalue weighted by atomic mass is 9.75. The molecule has 3 N–H and O–H groups in total. The van der Waals surface area contributed by atoms with Crippen LogP contribution in [-0.2, 0) is 13.2 Å². The van der Waals surface area contributed by atoms with Gasteiger partial charge in [0.25, 0.3) is 0 Å². The maximum Gasteiger partial charge on any atom is 0.141 e. The Balaban J connectivity index is 2.05. The second kappa shape index (κ2) is 6.10. The van der Waals surface area contributed by atoms with Gasteiger partial charge in [-0.2, -0.15) is 0 Å². The summed E-state index contributed by atoms with van der Waals surface area (Å²) in [6, 6.07) is 0.484. The molecule has 1 atom stereocenters. The maximum atomic E-state index is 10.1. The topological polar surface area (TPSA) is 65.4 Å². The molecule has 0 radical (unpaired) electrons. The molecule has 4 nitrogen and oxygen atoms in total. The van der Waals surface area contributed by atoms with Crippen LogP contribution in [0.15, 0.2) is 6.20 Å². The molecule has 1 heterocycles. The lowest BCUT2D eigenvalue weighted by molar-refractivity contribution is 0.197. The van der Waals surface area contributed by atoms with Crippen LogP contribution in [0.3, 0.4) is 0 Å². The molecule has 2 rings (SSSR count). The average molecular weight is 278 g/mol. The summed E-state index contributed by atoms with van der Waals surface area (Å²) in [7, 11) is 0. The normalized spacial score (nSPS) is 21.9. The Labute approximate surface area is 121 Å². The monoisotopic (exact) mass is 278 g/mol. The van der Waals surface area contributed by atoms with E-state index in [-0.39, 0.29) is 12.4 Å². The van der Waals surface area contributed by atoms with Gasteiger partial charge >= 0.3 is 0 Å². The summed E-state index contributed by atoms with van der Waals surface area (Å²) in [4.78, 5) is 4.09. The molecule has 0 amide bonds. The van der Waals surface area contributed by atoms with Crippen LogP contribution in [0.1, 0.15) is 56.4 Å². The van der Waals surface area contributed by atoms with E-state index in [1.807, 2.05) is 0 Å². The zero-order chi connectivity index (χ0) is 14.8. The second-order valence-electron chi connectivity index (χ2n) is 6.69. The fourth-order valence-corrected chi connectivity index (χ4v) is 3.14. The minimum absolute atomic E-state index is 0.0893. The Kier molecular flexibility index (Phi) is 4.66. The van der Waals surface area contributed by atoms with E-state index in [2.05, 4.69) is 24.1 Å². The summed E-state index contributed by atoms with van der Waals surface area (Å²) in [6.45, 7) is 6.91. The van der Waals surface area contributed by atoms with Crippen LogP contribution in [0.4, 0.5) is 0 Å². The van der Waals surface area contributed by atoms with Crippen molar-refractivity contribution in [3.05, 3.63) is 23.0 Å². The fraction of sp³-hybridized carbons (Fsp3) is 0.688. The van der Waals surface area contributed by atoms with Gasteiger partial charge in [-0.25, -0.2) is 0 Å². The van der Waals surface area contributed by atoms with E-state index in [0.29, 0.717) is 29.3 Å². The minimum Gasteiger partial charge on any atom is -0.506 e. The van der Waals surface area contributed by atoms with Crippen LogP contribution in [0, 0.1) is 12.3 Å². The van der Waals surface area contributed by atoms with Gasteiger partial charge in [-0.1, -0.05) is 20.3 Å². The molecule has 20 heavy (non-hydrogen) atoms. The molecule has 1 aromatic rings. The largest absolute Gasteiger partial charge is 0.506 e. The van der Waals surface area contributed by atoms with Crippen molar-refractivity contribution in [2.24, 2.45) is 5.41 Å². The molecule has 1 aliphatic rings. The fourth-order valence-electron chi connectivity index (χ4n) is 3.14. The molecule has 1 fully saturated rings. The minimum atomic E-state index is -0.0893. The highest BCUT2D eigenvalue weighted by molar-refractivity contribution is 5.40. The molecule has 112 valence electrons. The van der Waals surface area contributed by atoms with E-state index < -0.39 is 0 Å². The van der Waals surface area contributed by atoms with Gasteiger partial charge in [-0.05, 0) is 31.6 Å². The van der Waals surface area contributed by atoms with E-state index in [1.54, 1.807) is 13.1 Å². The van der Waals surface area contributed by atoms with E-state index in [4.69, 9.17) is 0 Å². The van der Waals surface area contributed by atoms with Crippen molar-refractivity contribution in [1.82, 2.24) is 10.3 Å². The highest BCUT2D eigenvalue weighted by atomic mass is 16.3. The second-order valence-corrected chi connectivity index (χ2v) is 6.69. The zero-order valence-corrected chi connectivity index (χ0v) is 12.7. The third-order valence-electron chi connectivity index (χ3n) is 4.37. The molecule has 0 aromatic carbocycles. The van der Waals surface area contributed by atoms with Crippen LogP contribution in [0.5, 0.6) is 5.75 Å².